The summed E-state index contributed by atoms with van der Waals surface area (Å²) in [6, 6.07) is 15.7. The molecule has 7 nitrogen and oxygen atoms in total. The molecular formula is C30H28F4N4O3. The number of alkyl halides is 3. The van der Waals surface area contributed by atoms with E-state index in [-0.39, 0.29) is 17.4 Å². The lowest BCUT2D eigenvalue weighted by Gasteiger charge is -2.32. The number of aromatic nitrogens is 2. The van der Waals surface area contributed by atoms with Gasteiger partial charge in [0.05, 0.1) is 5.52 Å². The Balaban J connectivity index is 1.16. The van der Waals surface area contributed by atoms with Gasteiger partial charge in [0.25, 0.3) is 11.8 Å². The minimum absolute atomic E-state index is 0.0717. The molecule has 0 spiro atoms. The van der Waals surface area contributed by atoms with Crippen LogP contribution in [0.25, 0.3) is 10.9 Å². The van der Waals surface area contributed by atoms with E-state index in [0.717, 1.165) is 12.8 Å². The van der Waals surface area contributed by atoms with Crippen molar-refractivity contribution in [2.45, 2.75) is 32.5 Å². The van der Waals surface area contributed by atoms with Crippen LogP contribution in [0, 0.1) is 18.7 Å². The molecule has 4 aromatic rings. The molecule has 0 saturated carbocycles. The topological polar surface area (TPSA) is 76.5 Å². The highest BCUT2D eigenvalue weighted by molar-refractivity contribution is 6.00. The van der Waals surface area contributed by atoms with Crippen molar-refractivity contribution in [1.29, 1.82) is 0 Å². The fourth-order valence-corrected chi connectivity index (χ4v) is 4.99. The van der Waals surface area contributed by atoms with Crippen molar-refractivity contribution in [3.63, 3.8) is 0 Å². The van der Waals surface area contributed by atoms with Crippen LogP contribution in [-0.2, 0) is 6.54 Å². The molecule has 0 atom stereocenters. The van der Waals surface area contributed by atoms with Gasteiger partial charge in [-0.25, -0.2) is 4.39 Å². The number of hydrogen-bond donors (Lipinski definition) is 1. The Kier molecular flexibility index (Phi) is 7.96. The summed E-state index contributed by atoms with van der Waals surface area (Å²) in [6.45, 7) is 2.11. The van der Waals surface area contributed by atoms with Gasteiger partial charge in [-0.2, -0.15) is 18.3 Å². The lowest BCUT2D eigenvalue weighted by molar-refractivity contribution is -0.123. The van der Waals surface area contributed by atoms with E-state index >= 15 is 0 Å². The first kappa shape index (κ1) is 28.1. The van der Waals surface area contributed by atoms with Crippen LogP contribution in [0.15, 0.2) is 66.9 Å². The molecule has 0 bridgehead atoms. The van der Waals surface area contributed by atoms with E-state index in [4.69, 9.17) is 4.74 Å². The second kappa shape index (κ2) is 11.6. The van der Waals surface area contributed by atoms with E-state index < -0.39 is 24.4 Å². The van der Waals surface area contributed by atoms with Gasteiger partial charge in [0.1, 0.15) is 23.9 Å². The third-order valence-electron chi connectivity index (χ3n) is 7.18. The molecule has 11 heteroatoms. The zero-order valence-electron chi connectivity index (χ0n) is 22.2. The molecule has 1 aliphatic heterocycles. The van der Waals surface area contributed by atoms with Crippen LogP contribution in [0.3, 0.4) is 0 Å². The highest BCUT2D eigenvalue weighted by Crippen LogP contribution is 2.26. The number of ether oxygens (including phenoxy) is 1. The van der Waals surface area contributed by atoms with Crippen molar-refractivity contribution >= 4 is 22.7 Å². The van der Waals surface area contributed by atoms with Crippen molar-refractivity contribution in [1.82, 2.24) is 20.0 Å². The molecule has 1 N–H and O–H groups in total. The van der Waals surface area contributed by atoms with Gasteiger partial charge in [-0.15, -0.1) is 0 Å². The van der Waals surface area contributed by atoms with Crippen molar-refractivity contribution in [2.24, 2.45) is 5.92 Å². The predicted octanol–water partition coefficient (Wildman–Crippen LogP) is 6.12. The number of carbonyl (C=O) groups is 2. The fourth-order valence-electron chi connectivity index (χ4n) is 4.99. The second-order valence-electron chi connectivity index (χ2n) is 10.1. The number of amides is 2. The fraction of sp³-hybridized carbons (Fsp3) is 0.300. The maximum atomic E-state index is 13.4. The SMILES string of the molecule is Cc1c(C(=O)NCC(F)(F)F)ccc2nn(CC3CCN(C(=O)c4ccc(Oc5cccc(F)c5)cc4)CC3)cc12. The summed E-state index contributed by atoms with van der Waals surface area (Å²) >= 11 is 0. The summed E-state index contributed by atoms with van der Waals surface area (Å²) < 4.78 is 58.3. The minimum Gasteiger partial charge on any atom is -0.457 e. The van der Waals surface area contributed by atoms with Gasteiger partial charge in [-0.1, -0.05) is 6.07 Å². The van der Waals surface area contributed by atoms with Crippen LogP contribution >= 0.6 is 0 Å². The van der Waals surface area contributed by atoms with Crippen LogP contribution in [0.4, 0.5) is 17.6 Å². The number of benzene rings is 3. The maximum Gasteiger partial charge on any atom is 0.405 e. The van der Waals surface area contributed by atoms with Gasteiger partial charge in [0.2, 0.25) is 0 Å². The lowest BCUT2D eigenvalue weighted by atomic mass is 9.96. The van der Waals surface area contributed by atoms with E-state index in [1.54, 1.807) is 54.1 Å². The quantitative estimate of drug-likeness (QED) is 0.273. The van der Waals surface area contributed by atoms with Gasteiger partial charge in [0.15, 0.2) is 0 Å². The Labute approximate surface area is 233 Å². The molecule has 0 aliphatic carbocycles. The summed E-state index contributed by atoms with van der Waals surface area (Å²) in [6.07, 6.45) is -1.10. The summed E-state index contributed by atoms with van der Waals surface area (Å²) in [7, 11) is 0. The Morgan fingerprint density at radius 3 is 2.44 bits per heavy atom. The number of halogens is 4. The molecule has 2 amide bonds. The third kappa shape index (κ3) is 6.85. The van der Waals surface area contributed by atoms with Crippen molar-refractivity contribution in [3.8, 4) is 11.5 Å². The molecule has 0 unspecified atom stereocenters. The second-order valence-corrected chi connectivity index (χ2v) is 10.1. The van der Waals surface area contributed by atoms with E-state index in [2.05, 4.69) is 5.10 Å². The smallest absolute Gasteiger partial charge is 0.405 e. The molecule has 0 radical (unpaired) electrons. The normalized spacial score (nSPS) is 14.3. The van der Waals surface area contributed by atoms with Crippen molar-refractivity contribution in [2.75, 3.05) is 19.6 Å². The Bertz CT molecular complexity index is 1560. The number of fused-ring (bicyclic) bond motifs is 1. The largest absolute Gasteiger partial charge is 0.457 e. The number of hydrogen-bond acceptors (Lipinski definition) is 4. The highest BCUT2D eigenvalue weighted by Gasteiger charge is 2.28. The zero-order chi connectivity index (χ0) is 29.1. The van der Waals surface area contributed by atoms with Crippen LogP contribution in [0.1, 0.15) is 39.1 Å². The number of piperidine rings is 1. The number of likely N-dealkylation sites (tertiary alicyclic amines) is 1. The van der Waals surface area contributed by atoms with Crippen molar-refractivity contribution < 1.29 is 31.9 Å². The number of carbonyl (C=O) groups excluding carboxylic acids is 2. The first-order valence-electron chi connectivity index (χ1n) is 13.2. The molecule has 1 aromatic heterocycles. The molecule has 41 heavy (non-hydrogen) atoms. The molecule has 1 fully saturated rings. The molecule has 5 rings (SSSR count). The van der Waals surface area contributed by atoms with Crippen molar-refractivity contribution in [3.05, 3.63) is 89.4 Å². The van der Waals surface area contributed by atoms with E-state index in [0.29, 0.717) is 53.2 Å². The molecule has 2 heterocycles. The van der Waals surface area contributed by atoms with E-state index in [9.17, 15) is 27.2 Å². The monoisotopic (exact) mass is 568 g/mol. The Morgan fingerprint density at radius 2 is 1.76 bits per heavy atom. The highest BCUT2D eigenvalue weighted by atomic mass is 19.4. The summed E-state index contributed by atoms with van der Waals surface area (Å²) in [5, 5.41) is 7.21. The summed E-state index contributed by atoms with van der Waals surface area (Å²) in [5.74, 6) is -0.0850. The third-order valence-corrected chi connectivity index (χ3v) is 7.18. The van der Waals surface area contributed by atoms with Crippen LogP contribution in [0.2, 0.25) is 0 Å². The van der Waals surface area contributed by atoms with Gasteiger partial charge >= 0.3 is 6.18 Å². The molecule has 1 saturated heterocycles. The van der Waals surface area contributed by atoms with Gasteiger partial charge < -0.3 is 15.0 Å². The van der Waals surface area contributed by atoms with Gasteiger partial charge in [-0.3, -0.25) is 14.3 Å². The molecule has 3 aromatic carbocycles. The number of rotatable bonds is 7. The maximum absolute atomic E-state index is 13.4. The number of nitrogens with zero attached hydrogens (tertiary/aromatic N) is 3. The zero-order valence-corrected chi connectivity index (χ0v) is 22.2. The Morgan fingerprint density at radius 1 is 1.02 bits per heavy atom. The van der Waals surface area contributed by atoms with Crippen LogP contribution < -0.4 is 10.1 Å². The standard InChI is InChI=1S/C30H28F4N4O3/c1-19-25(28(39)35-18-30(32,33)34)9-10-27-26(19)17-38(36-27)16-20-11-13-37(14-12-20)29(40)21-5-7-23(8-6-21)41-24-4-2-3-22(31)15-24/h2-10,15,17,20H,11-14,16,18H2,1H3,(H,35,39). The first-order valence-corrected chi connectivity index (χ1v) is 13.2. The molecular weight excluding hydrogens is 540 g/mol. The average molecular weight is 569 g/mol. The molecule has 1 aliphatic rings. The van der Waals surface area contributed by atoms with Gasteiger partial charge in [0, 0.05) is 48.4 Å². The number of aryl methyl sites for hydroxylation is 1. The first-order chi connectivity index (χ1) is 19.6. The summed E-state index contributed by atoms with van der Waals surface area (Å²) in [4.78, 5) is 27.1. The van der Waals surface area contributed by atoms with Crippen LogP contribution in [0.5, 0.6) is 11.5 Å². The van der Waals surface area contributed by atoms with Crippen LogP contribution in [-0.4, -0.2) is 52.3 Å². The van der Waals surface area contributed by atoms with E-state index in [1.807, 2.05) is 16.4 Å². The van der Waals surface area contributed by atoms with Gasteiger partial charge in [-0.05, 0) is 79.8 Å². The molecule has 214 valence electrons. The summed E-state index contributed by atoms with van der Waals surface area (Å²) in [5.41, 5.74) is 1.95. The minimum atomic E-state index is -4.48. The predicted molar refractivity (Wildman–Crippen MR) is 144 cm³/mol. The lowest BCUT2D eigenvalue weighted by Crippen LogP contribution is -2.39. The number of nitrogens with one attached hydrogen (secondary N) is 1. The Hall–Kier alpha value is -4.41. The van der Waals surface area contributed by atoms with E-state index in [1.165, 1.54) is 18.2 Å². The average Bonchev–Trinajstić information content (AvgIpc) is 3.35.